The maximum atomic E-state index is 13.3. The van der Waals surface area contributed by atoms with Gasteiger partial charge in [0.1, 0.15) is 0 Å². The SMILES string of the molecule is CCN(c1ccccc1)S(=O)(=O)c1cccc(C(=O)N2CCCC2c2cccs2)c1. The molecule has 1 aliphatic heterocycles. The Labute approximate surface area is 181 Å². The van der Waals surface area contributed by atoms with Crippen LogP contribution in [-0.2, 0) is 10.0 Å². The van der Waals surface area contributed by atoms with Crippen LogP contribution in [-0.4, -0.2) is 32.3 Å². The molecule has 7 heteroatoms. The summed E-state index contributed by atoms with van der Waals surface area (Å²) in [6, 6.07) is 19.5. The average Bonchev–Trinajstić information content (AvgIpc) is 3.46. The fraction of sp³-hybridized carbons (Fsp3) is 0.261. The minimum atomic E-state index is -3.78. The van der Waals surface area contributed by atoms with Gasteiger partial charge >= 0.3 is 0 Å². The van der Waals surface area contributed by atoms with Crippen LogP contribution in [0.3, 0.4) is 0 Å². The zero-order chi connectivity index (χ0) is 21.1. The molecule has 2 heterocycles. The first-order chi connectivity index (χ1) is 14.5. The Kier molecular flexibility index (Phi) is 5.92. The van der Waals surface area contributed by atoms with Crippen LogP contribution in [0.25, 0.3) is 0 Å². The Hall–Kier alpha value is -2.64. The third kappa shape index (κ3) is 3.87. The van der Waals surface area contributed by atoms with E-state index in [1.54, 1.807) is 48.6 Å². The van der Waals surface area contributed by atoms with Gasteiger partial charge in [-0.3, -0.25) is 9.10 Å². The van der Waals surface area contributed by atoms with Crippen molar-refractivity contribution in [3.05, 3.63) is 82.6 Å². The molecule has 1 amide bonds. The van der Waals surface area contributed by atoms with Crippen molar-refractivity contribution in [2.45, 2.75) is 30.7 Å². The highest BCUT2D eigenvalue weighted by Crippen LogP contribution is 2.35. The highest BCUT2D eigenvalue weighted by Gasteiger charge is 2.32. The molecule has 156 valence electrons. The first-order valence-electron chi connectivity index (χ1n) is 10.0. The molecule has 1 aliphatic rings. The van der Waals surface area contributed by atoms with Gasteiger partial charge in [-0.15, -0.1) is 11.3 Å². The van der Waals surface area contributed by atoms with Crippen molar-refractivity contribution in [2.24, 2.45) is 0 Å². The zero-order valence-electron chi connectivity index (χ0n) is 16.8. The lowest BCUT2D eigenvalue weighted by Crippen LogP contribution is -2.32. The summed E-state index contributed by atoms with van der Waals surface area (Å²) in [6.45, 7) is 2.79. The van der Waals surface area contributed by atoms with E-state index >= 15 is 0 Å². The number of sulfonamides is 1. The molecule has 1 saturated heterocycles. The summed E-state index contributed by atoms with van der Waals surface area (Å²) < 4.78 is 28.0. The van der Waals surface area contributed by atoms with E-state index in [2.05, 4.69) is 6.07 Å². The van der Waals surface area contributed by atoms with Gasteiger partial charge in [-0.05, 0) is 61.5 Å². The standard InChI is InChI=1S/C23H24N2O3S2/c1-2-25(19-10-4-3-5-11-19)30(27,28)20-12-6-9-18(17-20)23(26)24-15-7-13-21(24)22-14-8-16-29-22/h3-6,8-12,14,16-17,21H,2,7,13,15H2,1H3. The van der Waals surface area contributed by atoms with Crippen LogP contribution in [0.5, 0.6) is 0 Å². The number of likely N-dealkylation sites (tertiary alicyclic amines) is 1. The molecule has 3 aromatic rings. The highest BCUT2D eigenvalue weighted by atomic mass is 32.2. The van der Waals surface area contributed by atoms with Gasteiger partial charge in [-0.2, -0.15) is 0 Å². The second-order valence-electron chi connectivity index (χ2n) is 7.21. The number of amides is 1. The minimum Gasteiger partial charge on any atom is -0.331 e. The maximum Gasteiger partial charge on any atom is 0.264 e. The van der Waals surface area contributed by atoms with Gasteiger partial charge in [0.15, 0.2) is 0 Å². The molecule has 0 aliphatic carbocycles. The van der Waals surface area contributed by atoms with Crippen LogP contribution in [0, 0.1) is 0 Å². The second-order valence-corrected chi connectivity index (χ2v) is 10.0. The lowest BCUT2D eigenvalue weighted by Gasteiger charge is -2.25. The van der Waals surface area contributed by atoms with Crippen molar-refractivity contribution < 1.29 is 13.2 Å². The molecule has 5 nitrogen and oxygen atoms in total. The summed E-state index contributed by atoms with van der Waals surface area (Å²) >= 11 is 1.65. The molecule has 4 rings (SSSR count). The summed E-state index contributed by atoms with van der Waals surface area (Å²) in [6.07, 6.45) is 1.88. The van der Waals surface area contributed by atoms with Crippen LogP contribution in [0.4, 0.5) is 5.69 Å². The zero-order valence-corrected chi connectivity index (χ0v) is 18.4. The lowest BCUT2D eigenvalue weighted by molar-refractivity contribution is 0.0737. The highest BCUT2D eigenvalue weighted by molar-refractivity contribution is 7.92. The molecular weight excluding hydrogens is 416 g/mol. The molecule has 1 unspecified atom stereocenters. The number of rotatable bonds is 6. The molecular formula is C23H24N2O3S2. The monoisotopic (exact) mass is 440 g/mol. The molecule has 0 bridgehead atoms. The Balaban J connectivity index is 1.64. The molecule has 30 heavy (non-hydrogen) atoms. The van der Waals surface area contributed by atoms with Gasteiger partial charge in [-0.25, -0.2) is 8.42 Å². The van der Waals surface area contributed by atoms with Crippen LogP contribution in [0.2, 0.25) is 0 Å². The van der Waals surface area contributed by atoms with Crippen LogP contribution in [0.15, 0.2) is 77.0 Å². The van der Waals surface area contributed by atoms with Crippen molar-refractivity contribution >= 4 is 33.0 Å². The predicted octanol–water partition coefficient (Wildman–Crippen LogP) is 4.94. The van der Waals surface area contributed by atoms with Crippen molar-refractivity contribution in [3.8, 4) is 0 Å². The molecule has 0 saturated carbocycles. The molecule has 0 spiro atoms. The Morgan fingerprint density at radius 1 is 1.10 bits per heavy atom. The molecule has 0 radical (unpaired) electrons. The van der Waals surface area contributed by atoms with E-state index in [9.17, 15) is 13.2 Å². The number of carbonyl (C=O) groups is 1. The molecule has 2 aromatic carbocycles. The maximum absolute atomic E-state index is 13.3. The molecule has 0 N–H and O–H groups in total. The Morgan fingerprint density at radius 3 is 2.60 bits per heavy atom. The van der Waals surface area contributed by atoms with E-state index in [-0.39, 0.29) is 16.8 Å². The summed E-state index contributed by atoms with van der Waals surface area (Å²) in [5.41, 5.74) is 1.01. The summed E-state index contributed by atoms with van der Waals surface area (Å²) in [4.78, 5) is 16.4. The van der Waals surface area contributed by atoms with E-state index < -0.39 is 10.0 Å². The summed E-state index contributed by atoms with van der Waals surface area (Å²) in [5.74, 6) is -0.120. The van der Waals surface area contributed by atoms with Gasteiger partial charge in [0.05, 0.1) is 16.6 Å². The van der Waals surface area contributed by atoms with E-state index in [1.807, 2.05) is 34.5 Å². The Morgan fingerprint density at radius 2 is 1.90 bits per heavy atom. The molecule has 1 atom stereocenters. The van der Waals surface area contributed by atoms with E-state index in [0.29, 0.717) is 24.3 Å². The van der Waals surface area contributed by atoms with E-state index in [0.717, 1.165) is 12.8 Å². The van der Waals surface area contributed by atoms with Crippen LogP contribution in [0.1, 0.15) is 41.0 Å². The number of hydrogen-bond acceptors (Lipinski definition) is 4. The molecule has 1 aromatic heterocycles. The van der Waals surface area contributed by atoms with Gasteiger partial charge < -0.3 is 4.90 Å². The fourth-order valence-corrected chi connectivity index (χ4v) is 6.35. The fourth-order valence-electron chi connectivity index (χ4n) is 3.95. The topological polar surface area (TPSA) is 57.7 Å². The van der Waals surface area contributed by atoms with Gasteiger partial charge in [0.25, 0.3) is 15.9 Å². The third-order valence-corrected chi connectivity index (χ3v) is 8.26. The van der Waals surface area contributed by atoms with Crippen LogP contribution >= 0.6 is 11.3 Å². The number of para-hydroxylation sites is 1. The Bertz CT molecular complexity index is 1110. The number of nitrogens with zero attached hydrogens (tertiary/aromatic N) is 2. The van der Waals surface area contributed by atoms with E-state index in [4.69, 9.17) is 0 Å². The lowest BCUT2D eigenvalue weighted by atomic mass is 10.1. The summed E-state index contributed by atoms with van der Waals surface area (Å²) in [7, 11) is -3.78. The van der Waals surface area contributed by atoms with Gasteiger partial charge in [0, 0.05) is 23.5 Å². The molecule has 1 fully saturated rings. The summed E-state index contributed by atoms with van der Waals surface area (Å²) in [5, 5.41) is 2.02. The number of hydrogen-bond donors (Lipinski definition) is 0. The van der Waals surface area contributed by atoms with Crippen molar-refractivity contribution in [2.75, 3.05) is 17.4 Å². The normalized spacial score (nSPS) is 16.6. The van der Waals surface area contributed by atoms with Crippen molar-refractivity contribution in [1.29, 1.82) is 0 Å². The second kappa shape index (κ2) is 8.62. The third-order valence-electron chi connectivity index (χ3n) is 5.39. The number of thiophene rings is 1. The van der Waals surface area contributed by atoms with Gasteiger partial charge in [-0.1, -0.05) is 30.3 Å². The quantitative estimate of drug-likeness (QED) is 0.545. The van der Waals surface area contributed by atoms with Crippen LogP contribution < -0.4 is 4.31 Å². The van der Waals surface area contributed by atoms with Crippen molar-refractivity contribution in [3.63, 3.8) is 0 Å². The first kappa shape index (κ1) is 20.6. The van der Waals surface area contributed by atoms with Gasteiger partial charge in [0.2, 0.25) is 0 Å². The number of anilines is 1. The average molecular weight is 441 g/mol. The first-order valence-corrected chi connectivity index (χ1v) is 12.4. The largest absolute Gasteiger partial charge is 0.331 e. The van der Waals surface area contributed by atoms with E-state index in [1.165, 1.54) is 15.2 Å². The predicted molar refractivity (Wildman–Crippen MR) is 120 cm³/mol. The smallest absolute Gasteiger partial charge is 0.264 e. The number of benzene rings is 2. The minimum absolute atomic E-state index is 0.0641. The number of carbonyl (C=O) groups excluding carboxylic acids is 1. The van der Waals surface area contributed by atoms with Crippen molar-refractivity contribution in [1.82, 2.24) is 4.90 Å².